The van der Waals surface area contributed by atoms with Crippen LogP contribution in [0.4, 0.5) is 0 Å². The Kier molecular flexibility index (Phi) is 10.5. The minimum absolute atomic E-state index is 0.0490. The topological polar surface area (TPSA) is 97.3 Å². The van der Waals surface area contributed by atoms with Gasteiger partial charge in [-0.1, -0.05) is 72.3 Å². The molecule has 0 atom stereocenters. The van der Waals surface area contributed by atoms with E-state index in [4.69, 9.17) is 21.1 Å². The van der Waals surface area contributed by atoms with E-state index >= 15 is 0 Å². The molecule has 4 aromatic rings. The average molecular weight is 592 g/mol. The first kappa shape index (κ1) is 29.8. The minimum Gasteiger partial charge on any atom is -0.493 e. The standard InChI is InChI=1S/C31H30ClN3O5S/c1-39-30-20-26(12-17-29(30)40-23-25-10-6-3-7-11-25)21-33-34-31(36)22-35(19-18-24-8-4-2-5-9-24)41(37,38)28-15-13-27(32)14-16-28/h2-17,20-21H,18-19,22-23H2,1H3,(H,34,36)/b33-21-. The van der Waals surface area contributed by atoms with Gasteiger partial charge in [0.2, 0.25) is 10.0 Å². The van der Waals surface area contributed by atoms with Gasteiger partial charge in [-0.05, 0) is 65.6 Å². The maximum absolute atomic E-state index is 13.4. The molecule has 0 fully saturated rings. The van der Waals surface area contributed by atoms with Crippen LogP contribution in [0.1, 0.15) is 16.7 Å². The quantitative estimate of drug-likeness (QED) is 0.168. The zero-order valence-corrected chi connectivity index (χ0v) is 24.0. The lowest BCUT2D eigenvalue weighted by molar-refractivity contribution is -0.121. The van der Waals surface area contributed by atoms with Crippen LogP contribution in [0.2, 0.25) is 5.02 Å². The van der Waals surface area contributed by atoms with Crippen LogP contribution in [0, 0.1) is 0 Å². The summed E-state index contributed by atoms with van der Waals surface area (Å²) in [5.41, 5.74) is 5.06. The predicted molar refractivity (Wildman–Crippen MR) is 160 cm³/mol. The number of carbonyl (C=O) groups is 1. The van der Waals surface area contributed by atoms with Gasteiger partial charge in [0.05, 0.1) is 24.8 Å². The first-order chi connectivity index (χ1) is 19.8. The van der Waals surface area contributed by atoms with E-state index in [9.17, 15) is 13.2 Å². The van der Waals surface area contributed by atoms with Crippen LogP contribution >= 0.6 is 11.6 Å². The summed E-state index contributed by atoms with van der Waals surface area (Å²) in [5, 5.41) is 4.43. The van der Waals surface area contributed by atoms with Gasteiger partial charge in [0.15, 0.2) is 11.5 Å². The number of hydrazone groups is 1. The van der Waals surface area contributed by atoms with Gasteiger partial charge in [0, 0.05) is 11.6 Å². The van der Waals surface area contributed by atoms with Gasteiger partial charge in [0.1, 0.15) is 6.61 Å². The lowest BCUT2D eigenvalue weighted by atomic mass is 10.1. The summed E-state index contributed by atoms with van der Waals surface area (Å²) in [6, 6.07) is 30.3. The molecule has 0 aliphatic rings. The lowest BCUT2D eigenvalue weighted by Gasteiger charge is -2.21. The Morgan fingerprint density at radius 1 is 0.902 bits per heavy atom. The van der Waals surface area contributed by atoms with Crippen molar-refractivity contribution in [2.45, 2.75) is 17.9 Å². The number of nitrogens with zero attached hydrogens (tertiary/aromatic N) is 2. The Hall–Kier alpha value is -4.18. The number of nitrogens with one attached hydrogen (secondary N) is 1. The van der Waals surface area contributed by atoms with E-state index in [-0.39, 0.29) is 11.4 Å². The van der Waals surface area contributed by atoms with Crippen molar-refractivity contribution in [3.8, 4) is 11.5 Å². The zero-order chi connectivity index (χ0) is 29.1. The second kappa shape index (κ2) is 14.5. The molecule has 0 aliphatic heterocycles. The van der Waals surface area contributed by atoms with E-state index in [0.717, 1.165) is 15.4 Å². The normalized spacial score (nSPS) is 11.5. The molecule has 0 bridgehead atoms. The fourth-order valence-electron chi connectivity index (χ4n) is 3.93. The number of hydrogen-bond acceptors (Lipinski definition) is 6. The van der Waals surface area contributed by atoms with Crippen molar-refractivity contribution in [1.82, 2.24) is 9.73 Å². The van der Waals surface area contributed by atoms with Crippen LogP contribution in [-0.2, 0) is 27.8 Å². The first-order valence-electron chi connectivity index (χ1n) is 12.8. The molecule has 0 saturated carbocycles. The second-order valence-corrected chi connectivity index (χ2v) is 11.4. The second-order valence-electron chi connectivity index (χ2n) is 9.01. The number of carbonyl (C=O) groups excluding carboxylic acids is 1. The molecule has 4 rings (SSSR count). The van der Waals surface area contributed by atoms with Crippen LogP contribution in [0.25, 0.3) is 0 Å². The van der Waals surface area contributed by atoms with Crippen LogP contribution in [0.5, 0.6) is 11.5 Å². The van der Waals surface area contributed by atoms with Crippen LogP contribution in [0.15, 0.2) is 113 Å². The minimum atomic E-state index is -3.97. The molecule has 0 heterocycles. The molecule has 10 heteroatoms. The Morgan fingerprint density at radius 2 is 1.56 bits per heavy atom. The summed E-state index contributed by atoms with van der Waals surface area (Å²) in [5.74, 6) is 0.498. The molecule has 1 amide bonds. The Morgan fingerprint density at radius 3 is 2.22 bits per heavy atom. The largest absolute Gasteiger partial charge is 0.493 e. The summed E-state index contributed by atoms with van der Waals surface area (Å²) >= 11 is 5.94. The fraction of sp³-hybridized carbons (Fsp3) is 0.161. The molecule has 4 aromatic carbocycles. The molecule has 0 saturated heterocycles. The van der Waals surface area contributed by atoms with Crippen molar-refractivity contribution in [1.29, 1.82) is 0 Å². The third-order valence-corrected chi connectivity index (χ3v) is 8.20. The number of benzene rings is 4. The third kappa shape index (κ3) is 8.65. The van der Waals surface area contributed by atoms with Crippen LogP contribution in [0.3, 0.4) is 0 Å². The first-order valence-corrected chi connectivity index (χ1v) is 14.6. The maximum atomic E-state index is 13.4. The molecular formula is C31H30ClN3O5S. The van der Waals surface area contributed by atoms with Gasteiger partial charge in [0.25, 0.3) is 5.91 Å². The van der Waals surface area contributed by atoms with Gasteiger partial charge in [-0.15, -0.1) is 0 Å². The summed E-state index contributed by atoms with van der Waals surface area (Å²) in [4.78, 5) is 12.8. The van der Waals surface area contributed by atoms with E-state index < -0.39 is 22.5 Å². The van der Waals surface area contributed by atoms with E-state index in [2.05, 4.69) is 10.5 Å². The molecule has 0 aromatic heterocycles. The highest BCUT2D eigenvalue weighted by molar-refractivity contribution is 7.89. The van der Waals surface area contributed by atoms with E-state index in [0.29, 0.717) is 35.1 Å². The molecule has 41 heavy (non-hydrogen) atoms. The van der Waals surface area contributed by atoms with Crippen molar-refractivity contribution in [3.63, 3.8) is 0 Å². The smallest absolute Gasteiger partial charge is 0.255 e. The van der Waals surface area contributed by atoms with Gasteiger partial charge in [-0.2, -0.15) is 9.41 Å². The zero-order valence-electron chi connectivity index (χ0n) is 22.4. The maximum Gasteiger partial charge on any atom is 0.255 e. The SMILES string of the molecule is COc1cc(/C=N\NC(=O)CN(CCc2ccccc2)S(=O)(=O)c2ccc(Cl)cc2)ccc1OCc1ccccc1. The Labute approximate surface area is 245 Å². The van der Waals surface area contributed by atoms with Crippen molar-refractivity contribution < 1.29 is 22.7 Å². The summed E-state index contributed by atoms with van der Waals surface area (Å²) in [6.45, 7) is 0.0822. The highest BCUT2D eigenvalue weighted by Crippen LogP contribution is 2.28. The van der Waals surface area contributed by atoms with E-state index in [1.807, 2.05) is 60.7 Å². The molecule has 0 spiro atoms. The van der Waals surface area contributed by atoms with Gasteiger partial charge in [-0.3, -0.25) is 4.79 Å². The fourth-order valence-corrected chi connectivity index (χ4v) is 5.45. The van der Waals surface area contributed by atoms with Crippen LogP contribution in [-0.4, -0.2) is 45.0 Å². The number of rotatable bonds is 13. The number of halogens is 1. The molecule has 212 valence electrons. The highest BCUT2D eigenvalue weighted by Gasteiger charge is 2.26. The molecule has 0 unspecified atom stereocenters. The number of sulfonamides is 1. The average Bonchev–Trinajstić information content (AvgIpc) is 2.99. The summed E-state index contributed by atoms with van der Waals surface area (Å²) < 4.78 is 39.2. The Bertz CT molecular complexity index is 1560. The molecule has 0 aliphatic carbocycles. The van der Waals surface area contributed by atoms with Crippen molar-refractivity contribution in [2.24, 2.45) is 5.10 Å². The molecular weight excluding hydrogens is 562 g/mol. The van der Waals surface area contributed by atoms with Crippen molar-refractivity contribution in [2.75, 3.05) is 20.2 Å². The predicted octanol–water partition coefficient (Wildman–Crippen LogP) is 5.31. The number of ether oxygens (including phenoxy) is 2. The number of methoxy groups -OCH3 is 1. The summed E-state index contributed by atoms with van der Waals surface area (Å²) in [6.07, 6.45) is 1.88. The molecule has 1 N–H and O–H groups in total. The summed E-state index contributed by atoms with van der Waals surface area (Å²) in [7, 11) is -2.43. The lowest BCUT2D eigenvalue weighted by Crippen LogP contribution is -2.40. The number of amides is 1. The van der Waals surface area contributed by atoms with E-state index in [1.165, 1.54) is 30.5 Å². The van der Waals surface area contributed by atoms with Crippen molar-refractivity contribution in [3.05, 3.63) is 125 Å². The van der Waals surface area contributed by atoms with Crippen LogP contribution < -0.4 is 14.9 Å². The number of hydrogen-bond donors (Lipinski definition) is 1. The van der Waals surface area contributed by atoms with Crippen molar-refractivity contribution >= 4 is 33.7 Å². The van der Waals surface area contributed by atoms with Gasteiger partial charge >= 0.3 is 0 Å². The van der Waals surface area contributed by atoms with E-state index in [1.54, 1.807) is 25.3 Å². The van der Waals surface area contributed by atoms with Gasteiger partial charge in [-0.25, -0.2) is 13.8 Å². The highest BCUT2D eigenvalue weighted by atomic mass is 35.5. The molecule has 8 nitrogen and oxygen atoms in total. The third-order valence-electron chi connectivity index (χ3n) is 6.09. The Balaban J connectivity index is 1.41. The molecule has 0 radical (unpaired) electrons. The monoisotopic (exact) mass is 591 g/mol. The van der Waals surface area contributed by atoms with Gasteiger partial charge < -0.3 is 9.47 Å².